The summed E-state index contributed by atoms with van der Waals surface area (Å²) in [5.41, 5.74) is 2.99. The number of hydrogen-bond donors (Lipinski definition) is 1. The number of carbonyl (C=O) groups excluding carboxylic acids is 1. The van der Waals surface area contributed by atoms with Gasteiger partial charge in [-0.2, -0.15) is 5.26 Å². The van der Waals surface area contributed by atoms with Crippen LogP contribution in [0.4, 0.5) is 0 Å². The van der Waals surface area contributed by atoms with Crippen LogP contribution in [0.5, 0.6) is 0 Å². The minimum absolute atomic E-state index is 0.0530. The number of rotatable bonds is 6. The molecule has 136 valence electrons. The van der Waals surface area contributed by atoms with Gasteiger partial charge in [0.15, 0.2) is 0 Å². The van der Waals surface area contributed by atoms with Crippen molar-refractivity contribution in [2.75, 3.05) is 13.2 Å². The largest absolute Gasteiger partial charge is 0.467 e. The van der Waals surface area contributed by atoms with Crippen LogP contribution in [0.1, 0.15) is 35.6 Å². The van der Waals surface area contributed by atoms with Gasteiger partial charge in [-0.15, -0.1) is 0 Å². The van der Waals surface area contributed by atoms with E-state index in [1.54, 1.807) is 12.3 Å². The van der Waals surface area contributed by atoms with Crippen molar-refractivity contribution in [3.63, 3.8) is 0 Å². The van der Waals surface area contributed by atoms with Crippen molar-refractivity contribution in [3.05, 3.63) is 52.7 Å². The van der Waals surface area contributed by atoms with Crippen LogP contribution in [0.2, 0.25) is 0 Å². The summed E-state index contributed by atoms with van der Waals surface area (Å²) in [5, 5.41) is 12.2. The van der Waals surface area contributed by atoms with E-state index in [0.29, 0.717) is 13.1 Å². The highest BCUT2D eigenvalue weighted by atomic mass is 16.5. The molecule has 6 nitrogen and oxygen atoms in total. The third kappa shape index (κ3) is 4.06. The standard InChI is InChI=1S/C20H23N3O3/c1-14-9-16(15(2)23(14)13-19-6-4-8-26-19)10-17(11-21)20(24)22-12-18-5-3-7-25-18/h4,6,8-10,18H,3,5,7,12-13H2,1-2H3,(H,22,24)/b17-10-. The Morgan fingerprint density at radius 1 is 1.50 bits per heavy atom. The molecule has 26 heavy (non-hydrogen) atoms. The van der Waals surface area contributed by atoms with Gasteiger partial charge in [-0.05, 0) is 56.5 Å². The number of nitrogens with one attached hydrogen (secondary N) is 1. The molecule has 1 aliphatic rings. The fraction of sp³-hybridized carbons (Fsp3) is 0.400. The quantitative estimate of drug-likeness (QED) is 0.639. The molecule has 1 aliphatic heterocycles. The molecule has 0 saturated carbocycles. The summed E-state index contributed by atoms with van der Waals surface area (Å²) in [4.78, 5) is 12.3. The van der Waals surface area contributed by atoms with E-state index < -0.39 is 0 Å². The Labute approximate surface area is 153 Å². The highest BCUT2D eigenvalue weighted by Gasteiger charge is 2.18. The lowest BCUT2D eigenvalue weighted by molar-refractivity contribution is -0.117. The fourth-order valence-corrected chi connectivity index (χ4v) is 3.19. The Kier molecular flexibility index (Phi) is 5.59. The lowest BCUT2D eigenvalue weighted by Crippen LogP contribution is -2.32. The molecule has 0 spiro atoms. The van der Waals surface area contributed by atoms with Crippen molar-refractivity contribution < 1.29 is 13.9 Å². The van der Waals surface area contributed by atoms with Crippen molar-refractivity contribution in [2.45, 2.75) is 39.3 Å². The molecule has 1 saturated heterocycles. The first-order valence-electron chi connectivity index (χ1n) is 8.79. The first kappa shape index (κ1) is 18.0. The third-order valence-electron chi connectivity index (χ3n) is 4.69. The molecule has 1 amide bonds. The van der Waals surface area contributed by atoms with Gasteiger partial charge in [-0.3, -0.25) is 4.79 Å². The first-order valence-corrected chi connectivity index (χ1v) is 8.79. The summed E-state index contributed by atoms with van der Waals surface area (Å²) in [6.07, 6.45) is 5.31. The van der Waals surface area contributed by atoms with Gasteiger partial charge in [-0.1, -0.05) is 0 Å². The minimum atomic E-state index is -0.362. The zero-order valence-electron chi connectivity index (χ0n) is 15.1. The second kappa shape index (κ2) is 8.07. The monoisotopic (exact) mass is 353 g/mol. The molecule has 1 N–H and O–H groups in total. The lowest BCUT2D eigenvalue weighted by Gasteiger charge is -2.10. The molecule has 0 aromatic carbocycles. The average Bonchev–Trinajstić information content (AvgIpc) is 3.37. The zero-order valence-corrected chi connectivity index (χ0v) is 15.1. The van der Waals surface area contributed by atoms with Gasteiger partial charge in [0.1, 0.15) is 17.4 Å². The van der Waals surface area contributed by atoms with Crippen molar-refractivity contribution in [1.82, 2.24) is 9.88 Å². The third-order valence-corrected chi connectivity index (χ3v) is 4.69. The SMILES string of the molecule is Cc1cc(/C=C(/C#N)C(=O)NCC2CCCO2)c(C)n1Cc1ccco1. The van der Waals surface area contributed by atoms with E-state index in [0.717, 1.165) is 42.2 Å². The second-order valence-corrected chi connectivity index (χ2v) is 6.51. The van der Waals surface area contributed by atoms with Crippen LogP contribution in [0.25, 0.3) is 6.08 Å². The van der Waals surface area contributed by atoms with E-state index in [-0.39, 0.29) is 17.6 Å². The Morgan fingerprint density at radius 3 is 3.00 bits per heavy atom. The first-order chi connectivity index (χ1) is 12.6. The van der Waals surface area contributed by atoms with Crippen molar-refractivity contribution in [3.8, 4) is 6.07 Å². The minimum Gasteiger partial charge on any atom is -0.467 e. The van der Waals surface area contributed by atoms with Crippen LogP contribution >= 0.6 is 0 Å². The summed E-state index contributed by atoms with van der Waals surface area (Å²) < 4.78 is 13.0. The molecule has 0 aliphatic carbocycles. The highest BCUT2D eigenvalue weighted by Crippen LogP contribution is 2.20. The van der Waals surface area contributed by atoms with Gasteiger partial charge < -0.3 is 19.0 Å². The van der Waals surface area contributed by atoms with Gasteiger partial charge in [0.05, 0.1) is 18.9 Å². The van der Waals surface area contributed by atoms with Crippen molar-refractivity contribution >= 4 is 12.0 Å². The van der Waals surface area contributed by atoms with Crippen LogP contribution < -0.4 is 5.32 Å². The summed E-state index contributed by atoms with van der Waals surface area (Å²) in [6, 6.07) is 7.76. The number of nitrogens with zero attached hydrogens (tertiary/aromatic N) is 2. The summed E-state index contributed by atoms with van der Waals surface area (Å²) >= 11 is 0. The average molecular weight is 353 g/mol. The summed E-state index contributed by atoms with van der Waals surface area (Å²) in [5.74, 6) is 0.496. The van der Waals surface area contributed by atoms with Crippen molar-refractivity contribution in [2.24, 2.45) is 0 Å². The number of aromatic nitrogens is 1. The molecule has 1 atom stereocenters. The number of hydrogen-bond acceptors (Lipinski definition) is 4. The number of nitriles is 1. The molecule has 0 radical (unpaired) electrons. The Balaban J connectivity index is 1.74. The molecule has 1 fully saturated rings. The topological polar surface area (TPSA) is 80.2 Å². The van der Waals surface area contributed by atoms with Crippen LogP contribution in [-0.2, 0) is 16.1 Å². The Bertz CT molecular complexity index is 835. The molecule has 1 unspecified atom stereocenters. The van der Waals surface area contributed by atoms with E-state index in [2.05, 4.69) is 9.88 Å². The molecular weight excluding hydrogens is 330 g/mol. The maximum atomic E-state index is 12.3. The number of furan rings is 1. The van der Waals surface area contributed by atoms with Gasteiger partial charge >= 0.3 is 0 Å². The molecule has 3 heterocycles. The van der Waals surface area contributed by atoms with E-state index in [4.69, 9.17) is 9.15 Å². The van der Waals surface area contributed by atoms with Crippen LogP contribution in [0, 0.1) is 25.2 Å². The molecular formula is C20H23N3O3. The Hall–Kier alpha value is -2.78. The number of aryl methyl sites for hydroxylation is 1. The maximum absolute atomic E-state index is 12.3. The van der Waals surface area contributed by atoms with Crippen LogP contribution in [0.3, 0.4) is 0 Å². The van der Waals surface area contributed by atoms with Crippen LogP contribution in [-0.4, -0.2) is 29.7 Å². The van der Waals surface area contributed by atoms with E-state index in [9.17, 15) is 10.1 Å². The molecule has 0 bridgehead atoms. The number of amides is 1. The maximum Gasteiger partial charge on any atom is 0.262 e. The lowest BCUT2D eigenvalue weighted by atomic mass is 10.1. The van der Waals surface area contributed by atoms with Crippen LogP contribution in [0.15, 0.2) is 34.5 Å². The van der Waals surface area contributed by atoms with Gasteiger partial charge in [-0.25, -0.2) is 0 Å². The predicted molar refractivity (Wildman–Crippen MR) is 97.3 cm³/mol. The fourth-order valence-electron chi connectivity index (χ4n) is 3.19. The zero-order chi connectivity index (χ0) is 18.5. The van der Waals surface area contributed by atoms with Gasteiger partial charge in [0, 0.05) is 24.5 Å². The smallest absolute Gasteiger partial charge is 0.262 e. The summed E-state index contributed by atoms with van der Waals surface area (Å²) in [6.45, 7) is 5.77. The normalized spacial score (nSPS) is 17.3. The predicted octanol–water partition coefficient (Wildman–Crippen LogP) is 2.95. The van der Waals surface area contributed by atoms with Gasteiger partial charge in [0.2, 0.25) is 0 Å². The van der Waals surface area contributed by atoms with E-state index in [1.165, 1.54) is 0 Å². The Morgan fingerprint density at radius 2 is 2.35 bits per heavy atom. The highest BCUT2D eigenvalue weighted by molar-refractivity contribution is 6.01. The molecule has 2 aromatic heterocycles. The number of carbonyl (C=O) groups is 1. The summed E-state index contributed by atoms with van der Waals surface area (Å²) in [7, 11) is 0. The van der Waals surface area contributed by atoms with Gasteiger partial charge in [0.25, 0.3) is 5.91 Å². The second-order valence-electron chi connectivity index (χ2n) is 6.51. The molecule has 6 heteroatoms. The number of ether oxygens (including phenoxy) is 1. The molecule has 3 rings (SSSR count). The van der Waals surface area contributed by atoms with E-state index >= 15 is 0 Å². The molecule has 2 aromatic rings. The van der Waals surface area contributed by atoms with E-state index in [1.807, 2.05) is 38.1 Å². The van der Waals surface area contributed by atoms with Crippen molar-refractivity contribution in [1.29, 1.82) is 5.26 Å².